The SMILES string of the molecule is Cn1ccnc1C(N)C1CCCC1. The molecule has 2 rings (SSSR count). The Morgan fingerprint density at radius 3 is 2.77 bits per heavy atom. The lowest BCUT2D eigenvalue weighted by molar-refractivity contribution is 0.419. The predicted octanol–water partition coefficient (Wildman–Crippen LogP) is 1.61. The smallest absolute Gasteiger partial charge is 0.125 e. The molecule has 1 unspecified atom stereocenters. The summed E-state index contributed by atoms with van der Waals surface area (Å²) in [6, 6.07) is 0.141. The third-order valence-electron chi connectivity index (χ3n) is 3.06. The fourth-order valence-corrected chi connectivity index (χ4v) is 2.23. The van der Waals surface area contributed by atoms with Crippen LogP contribution in [-0.4, -0.2) is 9.55 Å². The van der Waals surface area contributed by atoms with Gasteiger partial charge in [-0.1, -0.05) is 12.8 Å². The molecule has 1 saturated carbocycles. The predicted molar refractivity (Wildman–Crippen MR) is 52.1 cm³/mol. The van der Waals surface area contributed by atoms with Crippen molar-refractivity contribution in [3.8, 4) is 0 Å². The molecule has 0 spiro atoms. The van der Waals surface area contributed by atoms with Crippen LogP contribution in [0.3, 0.4) is 0 Å². The van der Waals surface area contributed by atoms with Gasteiger partial charge in [-0.05, 0) is 18.8 Å². The molecule has 3 nitrogen and oxygen atoms in total. The Kier molecular flexibility index (Phi) is 2.36. The highest BCUT2D eigenvalue weighted by Gasteiger charge is 2.25. The summed E-state index contributed by atoms with van der Waals surface area (Å²) in [7, 11) is 2.01. The first kappa shape index (κ1) is 8.75. The summed E-state index contributed by atoms with van der Waals surface area (Å²) in [6.07, 6.45) is 9.00. The first-order chi connectivity index (χ1) is 6.29. The van der Waals surface area contributed by atoms with Crippen molar-refractivity contribution in [3.63, 3.8) is 0 Å². The maximum absolute atomic E-state index is 6.16. The average molecular weight is 179 g/mol. The number of hydrogen-bond donors (Lipinski definition) is 1. The van der Waals surface area contributed by atoms with E-state index in [1.807, 2.05) is 24.0 Å². The number of hydrogen-bond acceptors (Lipinski definition) is 2. The average Bonchev–Trinajstić information content (AvgIpc) is 2.72. The number of nitrogens with zero attached hydrogens (tertiary/aromatic N) is 2. The zero-order chi connectivity index (χ0) is 9.26. The molecule has 2 N–H and O–H groups in total. The topological polar surface area (TPSA) is 43.8 Å². The summed E-state index contributed by atoms with van der Waals surface area (Å²) in [5.74, 6) is 1.69. The standard InChI is InChI=1S/C10H17N3/c1-13-7-6-12-10(13)9(11)8-4-2-3-5-8/h6-9H,2-5,11H2,1H3. The van der Waals surface area contributed by atoms with Crippen LogP contribution in [0.5, 0.6) is 0 Å². The molecule has 3 heteroatoms. The Bertz CT molecular complexity index is 273. The lowest BCUT2D eigenvalue weighted by Crippen LogP contribution is -2.22. The maximum Gasteiger partial charge on any atom is 0.125 e. The molecule has 1 aromatic rings. The van der Waals surface area contributed by atoms with Gasteiger partial charge in [0, 0.05) is 19.4 Å². The second-order valence-electron chi connectivity index (χ2n) is 3.97. The summed E-state index contributed by atoms with van der Waals surface area (Å²) < 4.78 is 2.03. The third-order valence-corrected chi connectivity index (χ3v) is 3.06. The molecule has 1 aliphatic carbocycles. The van der Waals surface area contributed by atoms with Crippen molar-refractivity contribution in [2.75, 3.05) is 0 Å². The van der Waals surface area contributed by atoms with Crippen LogP contribution in [-0.2, 0) is 7.05 Å². The molecule has 1 heterocycles. The summed E-state index contributed by atoms with van der Waals surface area (Å²) in [6.45, 7) is 0. The Balaban J connectivity index is 2.12. The fraction of sp³-hybridized carbons (Fsp3) is 0.700. The molecule has 1 fully saturated rings. The zero-order valence-electron chi connectivity index (χ0n) is 8.11. The van der Waals surface area contributed by atoms with Crippen molar-refractivity contribution < 1.29 is 0 Å². The van der Waals surface area contributed by atoms with E-state index in [1.54, 1.807) is 0 Å². The molecule has 13 heavy (non-hydrogen) atoms. The first-order valence-corrected chi connectivity index (χ1v) is 5.02. The lowest BCUT2D eigenvalue weighted by atomic mass is 9.98. The molecule has 0 aliphatic heterocycles. The first-order valence-electron chi connectivity index (χ1n) is 5.02. The van der Waals surface area contributed by atoms with Gasteiger partial charge in [-0.2, -0.15) is 0 Å². The molecular formula is C10H17N3. The number of nitrogens with two attached hydrogens (primary N) is 1. The molecule has 0 radical (unpaired) electrons. The van der Waals surface area contributed by atoms with Gasteiger partial charge in [0.25, 0.3) is 0 Å². The Hall–Kier alpha value is -0.830. The Morgan fingerprint density at radius 2 is 2.23 bits per heavy atom. The van der Waals surface area contributed by atoms with E-state index in [-0.39, 0.29) is 6.04 Å². The zero-order valence-corrected chi connectivity index (χ0v) is 8.11. The van der Waals surface area contributed by atoms with E-state index in [0.29, 0.717) is 5.92 Å². The minimum Gasteiger partial charge on any atom is -0.337 e. The number of imidazole rings is 1. The van der Waals surface area contributed by atoms with Gasteiger partial charge < -0.3 is 10.3 Å². The minimum atomic E-state index is 0.141. The van der Waals surface area contributed by atoms with Crippen LogP contribution in [0.1, 0.15) is 37.5 Å². The van der Waals surface area contributed by atoms with Gasteiger partial charge in [0.05, 0.1) is 6.04 Å². The van der Waals surface area contributed by atoms with Crippen LogP contribution in [0.2, 0.25) is 0 Å². The van der Waals surface area contributed by atoms with Crippen LogP contribution < -0.4 is 5.73 Å². The van der Waals surface area contributed by atoms with E-state index in [1.165, 1.54) is 25.7 Å². The molecule has 1 atom stereocenters. The summed E-state index contributed by atoms with van der Waals surface area (Å²) in [5.41, 5.74) is 6.16. The second-order valence-corrected chi connectivity index (χ2v) is 3.97. The molecular weight excluding hydrogens is 162 g/mol. The van der Waals surface area contributed by atoms with Gasteiger partial charge in [-0.3, -0.25) is 0 Å². The van der Waals surface area contributed by atoms with Gasteiger partial charge in [-0.25, -0.2) is 4.98 Å². The van der Waals surface area contributed by atoms with E-state index in [4.69, 9.17) is 5.73 Å². The van der Waals surface area contributed by atoms with Crippen molar-refractivity contribution in [2.24, 2.45) is 18.7 Å². The number of aryl methyl sites for hydroxylation is 1. The number of aromatic nitrogens is 2. The van der Waals surface area contributed by atoms with Crippen molar-refractivity contribution >= 4 is 0 Å². The fourth-order valence-electron chi connectivity index (χ4n) is 2.23. The Labute approximate surface area is 79.0 Å². The van der Waals surface area contributed by atoms with E-state index in [9.17, 15) is 0 Å². The minimum absolute atomic E-state index is 0.141. The second kappa shape index (κ2) is 3.50. The highest BCUT2D eigenvalue weighted by molar-refractivity contribution is 5.00. The summed E-state index contributed by atoms with van der Waals surface area (Å²) in [4.78, 5) is 4.30. The molecule has 1 aromatic heterocycles. The van der Waals surface area contributed by atoms with Crippen LogP contribution in [0.4, 0.5) is 0 Å². The third kappa shape index (κ3) is 1.61. The van der Waals surface area contributed by atoms with Crippen LogP contribution in [0.15, 0.2) is 12.4 Å². The molecule has 1 aliphatic rings. The van der Waals surface area contributed by atoms with E-state index in [0.717, 1.165) is 5.82 Å². The van der Waals surface area contributed by atoms with Crippen molar-refractivity contribution in [1.82, 2.24) is 9.55 Å². The number of rotatable bonds is 2. The maximum atomic E-state index is 6.16. The van der Waals surface area contributed by atoms with Crippen LogP contribution >= 0.6 is 0 Å². The molecule has 0 saturated heterocycles. The van der Waals surface area contributed by atoms with Gasteiger partial charge in [-0.15, -0.1) is 0 Å². The Morgan fingerprint density at radius 1 is 1.54 bits per heavy atom. The lowest BCUT2D eigenvalue weighted by Gasteiger charge is -2.17. The van der Waals surface area contributed by atoms with Gasteiger partial charge in [0.1, 0.15) is 5.82 Å². The van der Waals surface area contributed by atoms with Gasteiger partial charge >= 0.3 is 0 Å². The monoisotopic (exact) mass is 179 g/mol. The summed E-state index contributed by atoms with van der Waals surface area (Å²) >= 11 is 0. The van der Waals surface area contributed by atoms with Crippen LogP contribution in [0.25, 0.3) is 0 Å². The highest BCUT2D eigenvalue weighted by Crippen LogP contribution is 2.33. The van der Waals surface area contributed by atoms with Crippen molar-refractivity contribution in [1.29, 1.82) is 0 Å². The van der Waals surface area contributed by atoms with Crippen molar-refractivity contribution in [3.05, 3.63) is 18.2 Å². The van der Waals surface area contributed by atoms with Gasteiger partial charge in [0.2, 0.25) is 0 Å². The summed E-state index contributed by atoms with van der Waals surface area (Å²) in [5, 5.41) is 0. The quantitative estimate of drug-likeness (QED) is 0.749. The largest absolute Gasteiger partial charge is 0.337 e. The molecule has 72 valence electrons. The van der Waals surface area contributed by atoms with E-state index < -0.39 is 0 Å². The molecule has 0 bridgehead atoms. The molecule has 0 amide bonds. The normalized spacial score (nSPS) is 20.8. The van der Waals surface area contributed by atoms with E-state index >= 15 is 0 Å². The van der Waals surface area contributed by atoms with Crippen molar-refractivity contribution in [2.45, 2.75) is 31.7 Å². The van der Waals surface area contributed by atoms with Gasteiger partial charge in [0.15, 0.2) is 0 Å². The highest BCUT2D eigenvalue weighted by atomic mass is 15.1. The van der Waals surface area contributed by atoms with E-state index in [2.05, 4.69) is 4.98 Å². The molecule has 0 aromatic carbocycles. The van der Waals surface area contributed by atoms with Crippen LogP contribution in [0, 0.1) is 5.92 Å².